The van der Waals surface area contributed by atoms with Crippen molar-refractivity contribution in [1.82, 2.24) is 9.21 Å². The van der Waals surface area contributed by atoms with E-state index in [1.54, 1.807) is 20.9 Å². The lowest BCUT2D eigenvalue weighted by Gasteiger charge is -2.19. The van der Waals surface area contributed by atoms with E-state index < -0.39 is 22.0 Å². The Balaban J connectivity index is 1.82. The van der Waals surface area contributed by atoms with E-state index >= 15 is 0 Å². The maximum absolute atomic E-state index is 12.8. The Morgan fingerprint density at radius 1 is 1.14 bits per heavy atom. The van der Waals surface area contributed by atoms with Crippen molar-refractivity contribution < 1.29 is 22.7 Å². The summed E-state index contributed by atoms with van der Waals surface area (Å²) in [6, 6.07) is 11.1. The van der Waals surface area contributed by atoms with Crippen LogP contribution in [0.1, 0.15) is 47.1 Å². The standard InChI is InChI=1S/C21H24N2O5S/c1-5-28-17-9-6-15(7-10-17)13-22(4)20(24)16-8-11-18-19(12-16)29(26,27)23(14(2)3)21(18)25/h6-12,14H,5,13H2,1-4H3. The zero-order valence-corrected chi connectivity index (χ0v) is 17.7. The smallest absolute Gasteiger partial charge is 0.269 e. The zero-order valence-electron chi connectivity index (χ0n) is 16.9. The number of fused-ring (bicyclic) bond motifs is 1. The van der Waals surface area contributed by atoms with Crippen molar-refractivity contribution in [2.45, 2.75) is 38.3 Å². The summed E-state index contributed by atoms with van der Waals surface area (Å²) < 4.78 is 31.7. The molecule has 2 aromatic rings. The highest BCUT2D eigenvalue weighted by atomic mass is 32.2. The van der Waals surface area contributed by atoms with E-state index in [0.717, 1.165) is 15.6 Å². The molecule has 0 saturated carbocycles. The van der Waals surface area contributed by atoms with Gasteiger partial charge in [-0.05, 0) is 56.7 Å². The minimum absolute atomic E-state index is 0.101. The van der Waals surface area contributed by atoms with Crippen LogP contribution >= 0.6 is 0 Å². The number of benzene rings is 2. The van der Waals surface area contributed by atoms with Crippen molar-refractivity contribution in [2.24, 2.45) is 0 Å². The molecule has 29 heavy (non-hydrogen) atoms. The molecule has 1 aliphatic heterocycles. The molecule has 0 atom stereocenters. The number of ether oxygens (including phenoxy) is 1. The van der Waals surface area contributed by atoms with Crippen LogP contribution in [0.15, 0.2) is 47.4 Å². The normalized spacial score (nSPS) is 14.8. The van der Waals surface area contributed by atoms with Crippen molar-refractivity contribution in [1.29, 1.82) is 0 Å². The van der Waals surface area contributed by atoms with E-state index in [1.807, 2.05) is 31.2 Å². The van der Waals surface area contributed by atoms with Gasteiger partial charge in [0, 0.05) is 25.2 Å². The molecule has 0 unspecified atom stereocenters. The quantitative estimate of drug-likeness (QED) is 0.723. The van der Waals surface area contributed by atoms with Gasteiger partial charge in [-0.1, -0.05) is 12.1 Å². The summed E-state index contributed by atoms with van der Waals surface area (Å²) >= 11 is 0. The molecular formula is C21H24N2O5S. The molecule has 1 heterocycles. The summed E-state index contributed by atoms with van der Waals surface area (Å²) in [6.45, 7) is 6.11. The molecule has 7 nitrogen and oxygen atoms in total. The van der Waals surface area contributed by atoms with Crippen molar-refractivity contribution >= 4 is 21.8 Å². The van der Waals surface area contributed by atoms with Gasteiger partial charge in [-0.2, -0.15) is 0 Å². The minimum Gasteiger partial charge on any atom is -0.494 e. The largest absolute Gasteiger partial charge is 0.494 e. The van der Waals surface area contributed by atoms with E-state index in [4.69, 9.17) is 4.74 Å². The van der Waals surface area contributed by atoms with Gasteiger partial charge in [-0.15, -0.1) is 0 Å². The molecule has 0 aliphatic carbocycles. The Hall–Kier alpha value is -2.87. The van der Waals surface area contributed by atoms with Gasteiger partial charge in [-0.25, -0.2) is 12.7 Å². The lowest BCUT2D eigenvalue weighted by Crippen LogP contribution is -2.36. The van der Waals surface area contributed by atoms with Crippen molar-refractivity contribution in [3.8, 4) is 5.75 Å². The van der Waals surface area contributed by atoms with Crippen LogP contribution in [0, 0.1) is 0 Å². The molecule has 154 valence electrons. The first-order chi connectivity index (χ1) is 13.7. The third kappa shape index (κ3) is 3.85. The summed E-state index contributed by atoms with van der Waals surface area (Å²) in [4.78, 5) is 26.6. The number of carbonyl (C=O) groups is 2. The van der Waals surface area contributed by atoms with Crippen molar-refractivity contribution in [3.05, 3.63) is 59.2 Å². The highest BCUT2D eigenvalue weighted by molar-refractivity contribution is 7.90. The molecule has 0 N–H and O–H groups in total. The third-order valence-electron chi connectivity index (χ3n) is 4.67. The lowest BCUT2D eigenvalue weighted by molar-refractivity contribution is 0.0783. The van der Waals surface area contributed by atoms with Gasteiger partial charge in [0.25, 0.3) is 21.8 Å². The van der Waals surface area contributed by atoms with Crippen LogP contribution in [-0.4, -0.2) is 49.1 Å². The van der Waals surface area contributed by atoms with Crippen LogP contribution in [0.2, 0.25) is 0 Å². The second kappa shape index (κ2) is 7.87. The molecule has 0 radical (unpaired) electrons. The Morgan fingerprint density at radius 2 is 1.79 bits per heavy atom. The Kier molecular flexibility index (Phi) is 5.66. The summed E-state index contributed by atoms with van der Waals surface area (Å²) in [7, 11) is -2.30. The fourth-order valence-corrected chi connectivity index (χ4v) is 5.11. The maximum atomic E-state index is 12.8. The van der Waals surface area contributed by atoms with Gasteiger partial charge in [0.2, 0.25) is 0 Å². The molecule has 8 heteroatoms. The predicted molar refractivity (Wildman–Crippen MR) is 108 cm³/mol. The molecule has 0 aromatic heterocycles. The predicted octanol–water partition coefficient (Wildman–Crippen LogP) is 2.91. The number of hydrogen-bond donors (Lipinski definition) is 0. The highest BCUT2D eigenvalue weighted by Crippen LogP contribution is 2.32. The van der Waals surface area contributed by atoms with E-state index in [0.29, 0.717) is 13.2 Å². The molecule has 0 spiro atoms. The fraction of sp³-hybridized carbons (Fsp3) is 0.333. The summed E-state index contributed by atoms with van der Waals surface area (Å²) in [5.41, 5.74) is 1.24. The van der Waals surface area contributed by atoms with Gasteiger partial charge >= 0.3 is 0 Å². The van der Waals surface area contributed by atoms with E-state index in [-0.39, 0.29) is 21.9 Å². The first-order valence-electron chi connectivity index (χ1n) is 9.36. The number of nitrogens with zero attached hydrogens (tertiary/aromatic N) is 2. The summed E-state index contributed by atoms with van der Waals surface area (Å²) in [5, 5.41) is 0. The van der Waals surface area contributed by atoms with Crippen LogP contribution in [0.5, 0.6) is 5.75 Å². The zero-order chi connectivity index (χ0) is 21.3. The fourth-order valence-electron chi connectivity index (χ4n) is 3.32. The topological polar surface area (TPSA) is 84.0 Å². The average molecular weight is 416 g/mol. The monoisotopic (exact) mass is 416 g/mol. The van der Waals surface area contributed by atoms with Gasteiger partial charge in [0.1, 0.15) is 10.6 Å². The first-order valence-corrected chi connectivity index (χ1v) is 10.8. The molecule has 1 aliphatic rings. The first kappa shape index (κ1) is 20.9. The Labute approximate surface area is 170 Å². The van der Waals surface area contributed by atoms with Gasteiger partial charge < -0.3 is 9.64 Å². The van der Waals surface area contributed by atoms with E-state index in [1.165, 1.54) is 23.1 Å². The molecule has 2 amide bonds. The Morgan fingerprint density at radius 3 is 2.38 bits per heavy atom. The number of rotatable bonds is 6. The molecular weight excluding hydrogens is 392 g/mol. The van der Waals surface area contributed by atoms with Crippen LogP contribution in [0.4, 0.5) is 0 Å². The summed E-state index contributed by atoms with van der Waals surface area (Å²) in [5.74, 6) is -0.127. The van der Waals surface area contributed by atoms with E-state index in [9.17, 15) is 18.0 Å². The number of hydrogen-bond acceptors (Lipinski definition) is 5. The maximum Gasteiger partial charge on any atom is 0.269 e. The minimum atomic E-state index is -3.95. The average Bonchev–Trinajstić information content (AvgIpc) is 2.88. The molecule has 2 aromatic carbocycles. The number of sulfonamides is 1. The second-order valence-corrected chi connectivity index (χ2v) is 8.93. The van der Waals surface area contributed by atoms with Gasteiger partial charge in [0.05, 0.1) is 12.2 Å². The molecule has 0 saturated heterocycles. The Bertz CT molecular complexity index is 1050. The van der Waals surface area contributed by atoms with Gasteiger partial charge in [-0.3, -0.25) is 9.59 Å². The van der Waals surface area contributed by atoms with Crippen LogP contribution in [0.3, 0.4) is 0 Å². The van der Waals surface area contributed by atoms with Crippen LogP contribution in [0.25, 0.3) is 0 Å². The SMILES string of the molecule is CCOc1ccc(CN(C)C(=O)c2ccc3c(c2)S(=O)(=O)N(C(C)C)C3=O)cc1. The van der Waals surface area contributed by atoms with Crippen LogP contribution in [-0.2, 0) is 16.6 Å². The van der Waals surface area contributed by atoms with Crippen molar-refractivity contribution in [3.63, 3.8) is 0 Å². The molecule has 3 rings (SSSR count). The number of amides is 2. The molecule has 0 fully saturated rings. The van der Waals surface area contributed by atoms with Gasteiger partial charge in [0.15, 0.2) is 0 Å². The summed E-state index contributed by atoms with van der Waals surface area (Å²) in [6.07, 6.45) is 0. The highest BCUT2D eigenvalue weighted by Gasteiger charge is 2.43. The lowest BCUT2D eigenvalue weighted by atomic mass is 10.1. The van der Waals surface area contributed by atoms with Crippen LogP contribution < -0.4 is 4.74 Å². The van der Waals surface area contributed by atoms with E-state index in [2.05, 4.69) is 0 Å². The third-order valence-corrected chi connectivity index (χ3v) is 6.66. The number of carbonyl (C=O) groups excluding carboxylic acids is 2. The van der Waals surface area contributed by atoms with Crippen molar-refractivity contribution in [2.75, 3.05) is 13.7 Å². The second-order valence-electron chi connectivity index (χ2n) is 7.15. The molecule has 0 bridgehead atoms.